The van der Waals surface area contributed by atoms with Gasteiger partial charge in [-0.25, -0.2) is 4.98 Å². The monoisotopic (exact) mass is 218 g/mol. The minimum Gasteiger partial charge on any atom is -0.420 e. The van der Waals surface area contributed by atoms with E-state index in [0.717, 1.165) is 0 Å². The molecule has 16 heavy (non-hydrogen) atoms. The average molecular weight is 218 g/mol. The molecule has 2 heterocycles. The molecule has 84 valence electrons. The van der Waals surface area contributed by atoms with Gasteiger partial charge in [-0.1, -0.05) is 20.8 Å². The largest absolute Gasteiger partial charge is 0.420 e. The van der Waals surface area contributed by atoms with Crippen LogP contribution in [0.5, 0.6) is 0 Å². The van der Waals surface area contributed by atoms with Crippen LogP contribution in [0.25, 0.3) is 11.5 Å². The van der Waals surface area contributed by atoms with Gasteiger partial charge >= 0.3 is 0 Å². The highest BCUT2D eigenvalue weighted by Gasteiger charge is 2.22. The molecule has 0 aliphatic rings. The molecule has 0 fully saturated rings. The maximum atomic E-state index is 5.73. The molecule has 0 aliphatic carbocycles. The van der Waals surface area contributed by atoms with Crippen molar-refractivity contribution >= 4 is 5.82 Å². The summed E-state index contributed by atoms with van der Waals surface area (Å²) in [6.45, 7) is 6.03. The van der Waals surface area contributed by atoms with Crippen LogP contribution in [0.15, 0.2) is 22.7 Å². The first-order chi connectivity index (χ1) is 7.48. The maximum Gasteiger partial charge on any atom is 0.251 e. The second-order valence-electron chi connectivity index (χ2n) is 4.60. The van der Waals surface area contributed by atoms with Crippen LogP contribution in [0.1, 0.15) is 26.7 Å². The van der Waals surface area contributed by atoms with Gasteiger partial charge in [-0.2, -0.15) is 0 Å². The highest BCUT2D eigenvalue weighted by atomic mass is 16.4. The third kappa shape index (κ3) is 1.88. The fourth-order valence-corrected chi connectivity index (χ4v) is 1.23. The predicted molar refractivity (Wildman–Crippen MR) is 60.6 cm³/mol. The second kappa shape index (κ2) is 3.59. The van der Waals surface area contributed by atoms with Crippen molar-refractivity contribution in [2.75, 3.05) is 5.73 Å². The highest BCUT2D eigenvalue weighted by Crippen LogP contribution is 2.27. The molecule has 0 aromatic carbocycles. The van der Waals surface area contributed by atoms with Gasteiger partial charge in [0.1, 0.15) is 5.82 Å². The van der Waals surface area contributed by atoms with Gasteiger partial charge in [0.25, 0.3) is 5.89 Å². The zero-order chi connectivity index (χ0) is 11.8. The quantitative estimate of drug-likeness (QED) is 0.792. The lowest BCUT2D eigenvalue weighted by Crippen LogP contribution is -2.11. The number of nitrogens with two attached hydrogens (primary N) is 1. The second-order valence-corrected chi connectivity index (χ2v) is 4.60. The molecule has 2 aromatic heterocycles. The van der Waals surface area contributed by atoms with Crippen LogP contribution in [0.4, 0.5) is 5.82 Å². The molecule has 0 amide bonds. The molecule has 0 saturated heterocycles. The lowest BCUT2D eigenvalue weighted by Gasteiger charge is -2.10. The number of nitrogen functional groups attached to an aromatic ring is 1. The Kier molecular flexibility index (Phi) is 2.38. The summed E-state index contributed by atoms with van der Waals surface area (Å²) < 4.78 is 5.57. The van der Waals surface area contributed by atoms with Crippen molar-refractivity contribution in [2.45, 2.75) is 26.2 Å². The van der Waals surface area contributed by atoms with Crippen molar-refractivity contribution in [3.8, 4) is 11.5 Å². The van der Waals surface area contributed by atoms with Crippen LogP contribution in [0.2, 0.25) is 0 Å². The van der Waals surface area contributed by atoms with E-state index in [1.54, 1.807) is 12.3 Å². The smallest absolute Gasteiger partial charge is 0.251 e. The fourth-order valence-electron chi connectivity index (χ4n) is 1.23. The SMILES string of the molecule is CC(C)(C)c1nnc(-c2cccnc2N)o1. The van der Waals surface area contributed by atoms with E-state index in [9.17, 15) is 0 Å². The van der Waals surface area contributed by atoms with Gasteiger partial charge < -0.3 is 10.2 Å². The van der Waals surface area contributed by atoms with E-state index in [0.29, 0.717) is 23.2 Å². The summed E-state index contributed by atoms with van der Waals surface area (Å²) in [5.74, 6) is 1.40. The van der Waals surface area contributed by atoms with E-state index in [2.05, 4.69) is 15.2 Å². The van der Waals surface area contributed by atoms with E-state index < -0.39 is 0 Å². The molecule has 5 heteroatoms. The molecular weight excluding hydrogens is 204 g/mol. The Morgan fingerprint density at radius 1 is 1.25 bits per heavy atom. The lowest BCUT2D eigenvalue weighted by atomic mass is 9.97. The number of hydrogen-bond donors (Lipinski definition) is 1. The Morgan fingerprint density at radius 2 is 2.00 bits per heavy atom. The van der Waals surface area contributed by atoms with Crippen molar-refractivity contribution in [3.63, 3.8) is 0 Å². The van der Waals surface area contributed by atoms with Crippen molar-refractivity contribution in [2.24, 2.45) is 0 Å². The van der Waals surface area contributed by atoms with Gasteiger partial charge in [0.15, 0.2) is 0 Å². The zero-order valence-electron chi connectivity index (χ0n) is 9.56. The summed E-state index contributed by atoms with van der Waals surface area (Å²) in [5, 5.41) is 7.98. The molecule has 0 atom stereocenters. The third-order valence-corrected chi connectivity index (χ3v) is 2.14. The molecule has 2 rings (SSSR count). The van der Waals surface area contributed by atoms with Crippen LogP contribution in [-0.2, 0) is 5.41 Å². The summed E-state index contributed by atoms with van der Waals surface area (Å²) in [4.78, 5) is 3.98. The molecule has 0 unspecified atom stereocenters. The third-order valence-electron chi connectivity index (χ3n) is 2.14. The molecule has 0 aliphatic heterocycles. The molecule has 2 N–H and O–H groups in total. The van der Waals surface area contributed by atoms with Gasteiger partial charge in [0, 0.05) is 11.6 Å². The number of nitrogens with zero attached hydrogens (tertiary/aromatic N) is 3. The first-order valence-corrected chi connectivity index (χ1v) is 5.03. The summed E-state index contributed by atoms with van der Waals surface area (Å²) in [7, 11) is 0. The van der Waals surface area contributed by atoms with Crippen LogP contribution in [0, 0.1) is 0 Å². The van der Waals surface area contributed by atoms with Gasteiger partial charge in [-0.3, -0.25) is 0 Å². The van der Waals surface area contributed by atoms with Crippen LogP contribution in [-0.4, -0.2) is 15.2 Å². The van der Waals surface area contributed by atoms with Gasteiger partial charge in [-0.15, -0.1) is 10.2 Å². The van der Waals surface area contributed by atoms with Gasteiger partial charge in [0.2, 0.25) is 5.89 Å². The van der Waals surface area contributed by atoms with Crippen molar-refractivity contribution in [1.29, 1.82) is 0 Å². The Hall–Kier alpha value is -1.91. The molecule has 0 bridgehead atoms. The molecule has 0 spiro atoms. The minimum absolute atomic E-state index is 0.164. The summed E-state index contributed by atoms with van der Waals surface area (Å²) in [5.41, 5.74) is 6.24. The Balaban J connectivity index is 2.44. The average Bonchev–Trinajstić information content (AvgIpc) is 2.66. The standard InChI is InChI=1S/C11H14N4O/c1-11(2,3)10-15-14-9(16-10)7-5-4-6-13-8(7)12/h4-6H,1-3H3,(H2,12,13). The number of aromatic nitrogens is 3. The molecule has 0 radical (unpaired) electrons. The van der Waals surface area contributed by atoms with Crippen molar-refractivity contribution in [3.05, 3.63) is 24.2 Å². The van der Waals surface area contributed by atoms with E-state index in [1.165, 1.54) is 0 Å². The van der Waals surface area contributed by atoms with Gasteiger partial charge in [0.05, 0.1) is 5.56 Å². The maximum absolute atomic E-state index is 5.73. The molecule has 2 aromatic rings. The minimum atomic E-state index is -0.164. The number of pyridine rings is 1. The Morgan fingerprint density at radius 3 is 2.56 bits per heavy atom. The van der Waals surface area contributed by atoms with E-state index in [-0.39, 0.29) is 5.41 Å². The normalized spacial score (nSPS) is 11.7. The molecule has 5 nitrogen and oxygen atoms in total. The highest BCUT2D eigenvalue weighted by molar-refractivity contribution is 5.66. The summed E-state index contributed by atoms with van der Waals surface area (Å²) in [6, 6.07) is 3.59. The molecular formula is C11H14N4O. The number of hydrogen-bond acceptors (Lipinski definition) is 5. The van der Waals surface area contributed by atoms with E-state index in [4.69, 9.17) is 10.2 Å². The van der Waals surface area contributed by atoms with Crippen molar-refractivity contribution in [1.82, 2.24) is 15.2 Å². The summed E-state index contributed by atoms with van der Waals surface area (Å²) >= 11 is 0. The first-order valence-electron chi connectivity index (χ1n) is 5.03. The topological polar surface area (TPSA) is 77.8 Å². The summed E-state index contributed by atoms with van der Waals surface area (Å²) in [6.07, 6.45) is 1.62. The molecule has 0 saturated carbocycles. The number of anilines is 1. The Labute approximate surface area is 93.7 Å². The van der Waals surface area contributed by atoms with Crippen LogP contribution >= 0.6 is 0 Å². The Bertz CT molecular complexity index is 499. The fraction of sp³-hybridized carbons (Fsp3) is 0.364. The van der Waals surface area contributed by atoms with Gasteiger partial charge in [-0.05, 0) is 12.1 Å². The van der Waals surface area contributed by atoms with Crippen LogP contribution in [0.3, 0.4) is 0 Å². The van der Waals surface area contributed by atoms with E-state index >= 15 is 0 Å². The predicted octanol–water partition coefficient (Wildman–Crippen LogP) is 2.01. The van der Waals surface area contributed by atoms with Crippen LogP contribution < -0.4 is 5.73 Å². The first kappa shape index (κ1) is 10.6. The number of rotatable bonds is 1. The van der Waals surface area contributed by atoms with E-state index in [1.807, 2.05) is 26.8 Å². The lowest BCUT2D eigenvalue weighted by molar-refractivity contribution is 0.399. The zero-order valence-corrected chi connectivity index (χ0v) is 9.56. The van der Waals surface area contributed by atoms with Crippen molar-refractivity contribution < 1.29 is 4.42 Å².